The van der Waals surface area contributed by atoms with Crippen LogP contribution < -0.4 is 16.4 Å². The minimum atomic E-state index is -0.638. The minimum absolute atomic E-state index is 0.135. The van der Waals surface area contributed by atoms with Crippen LogP contribution in [-0.4, -0.2) is 24.3 Å². The highest BCUT2D eigenvalue weighted by Gasteiger charge is 2.12. The van der Waals surface area contributed by atoms with Crippen molar-refractivity contribution in [2.45, 2.75) is 0 Å². The number of carbonyl (C=O) groups is 3. The van der Waals surface area contributed by atoms with Gasteiger partial charge in [0.15, 0.2) is 10.4 Å². The third-order valence-corrected chi connectivity index (χ3v) is 3.03. The molecule has 1 aromatic heterocycles. The van der Waals surface area contributed by atoms with Gasteiger partial charge < -0.3 is 20.8 Å². The van der Waals surface area contributed by atoms with Crippen LogP contribution in [0.1, 0.15) is 20.9 Å². The monoisotopic (exact) mass is 365 g/mol. The quantitative estimate of drug-likeness (QED) is 0.744. The third kappa shape index (κ3) is 4.19. The molecule has 0 bridgehead atoms. The van der Waals surface area contributed by atoms with E-state index >= 15 is 0 Å². The summed E-state index contributed by atoms with van der Waals surface area (Å²) in [6.45, 7) is -0.254. The Morgan fingerprint density at radius 1 is 1.14 bits per heavy atom. The van der Waals surface area contributed by atoms with E-state index in [1.807, 2.05) is 0 Å². The maximum atomic E-state index is 11.9. The van der Waals surface area contributed by atoms with Crippen LogP contribution in [0.25, 0.3) is 0 Å². The summed E-state index contributed by atoms with van der Waals surface area (Å²) in [6.07, 6.45) is 0. The molecule has 8 heteroatoms. The van der Waals surface area contributed by atoms with E-state index in [4.69, 9.17) is 10.2 Å². The molecule has 0 atom stereocenters. The summed E-state index contributed by atoms with van der Waals surface area (Å²) in [6, 6.07) is 9.38. The minimum Gasteiger partial charge on any atom is -0.444 e. The van der Waals surface area contributed by atoms with Gasteiger partial charge in [-0.2, -0.15) is 0 Å². The number of halogens is 1. The number of nitrogens with two attached hydrogens (primary N) is 1. The molecule has 0 fully saturated rings. The number of furan rings is 1. The molecule has 0 saturated heterocycles. The zero-order valence-corrected chi connectivity index (χ0v) is 12.8. The third-order valence-electron chi connectivity index (χ3n) is 2.60. The maximum Gasteiger partial charge on any atom is 0.291 e. The number of rotatable bonds is 5. The van der Waals surface area contributed by atoms with Crippen LogP contribution in [0.3, 0.4) is 0 Å². The van der Waals surface area contributed by atoms with Crippen LogP contribution in [0.5, 0.6) is 0 Å². The van der Waals surface area contributed by atoms with Crippen molar-refractivity contribution in [3.05, 3.63) is 52.4 Å². The molecule has 0 unspecified atom stereocenters. The van der Waals surface area contributed by atoms with Gasteiger partial charge in [-0.05, 0) is 46.3 Å². The predicted octanol–water partition coefficient (Wildman–Crippen LogP) is 1.51. The standard InChI is InChI=1S/C14H12BrN3O4/c15-11-5-4-10(22-11)14(21)18-9-3-1-2-8(6-9)13(20)17-7-12(16)19/h1-6H,7H2,(H2,16,19)(H,17,20)(H,18,21). The second-order valence-electron chi connectivity index (χ2n) is 4.29. The Kier molecular flexibility index (Phi) is 4.95. The smallest absolute Gasteiger partial charge is 0.291 e. The molecule has 0 saturated carbocycles. The summed E-state index contributed by atoms with van der Waals surface area (Å²) in [5, 5.41) is 4.97. The molecule has 22 heavy (non-hydrogen) atoms. The number of primary amides is 1. The molecule has 0 spiro atoms. The van der Waals surface area contributed by atoms with Crippen molar-refractivity contribution in [2.24, 2.45) is 5.73 Å². The molecular weight excluding hydrogens is 354 g/mol. The summed E-state index contributed by atoms with van der Waals surface area (Å²) in [5.74, 6) is -1.41. The van der Waals surface area contributed by atoms with Gasteiger partial charge in [-0.25, -0.2) is 0 Å². The molecule has 1 heterocycles. The van der Waals surface area contributed by atoms with E-state index < -0.39 is 17.7 Å². The van der Waals surface area contributed by atoms with Crippen molar-refractivity contribution in [1.82, 2.24) is 5.32 Å². The molecule has 1 aromatic carbocycles. The Hall–Kier alpha value is -2.61. The van der Waals surface area contributed by atoms with Crippen molar-refractivity contribution in [3.63, 3.8) is 0 Å². The Morgan fingerprint density at radius 2 is 1.91 bits per heavy atom. The first kappa shape index (κ1) is 15.8. The van der Waals surface area contributed by atoms with Crippen molar-refractivity contribution in [1.29, 1.82) is 0 Å². The maximum absolute atomic E-state index is 11.9. The molecule has 3 amide bonds. The van der Waals surface area contributed by atoms with Gasteiger partial charge >= 0.3 is 0 Å². The Morgan fingerprint density at radius 3 is 2.55 bits per heavy atom. The fourth-order valence-corrected chi connectivity index (χ4v) is 1.94. The lowest BCUT2D eigenvalue weighted by Gasteiger charge is -2.06. The van der Waals surface area contributed by atoms with Gasteiger partial charge in [0, 0.05) is 11.3 Å². The van der Waals surface area contributed by atoms with Gasteiger partial charge in [-0.3, -0.25) is 14.4 Å². The van der Waals surface area contributed by atoms with Crippen LogP contribution in [0.2, 0.25) is 0 Å². The molecule has 0 aliphatic heterocycles. The van der Waals surface area contributed by atoms with Crippen LogP contribution in [0.15, 0.2) is 45.5 Å². The Bertz CT molecular complexity index is 726. The van der Waals surface area contributed by atoms with E-state index in [-0.39, 0.29) is 12.3 Å². The average Bonchev–Trinajstić information content (AvgIpc) is 2.91. The van der Waals surface area contributed by atoms with Crippen LogP contribution in [0, 0.1) is 0 Å². The summed E-state index contributed by atoms with van der Waals surface area (Å²) in [7, 11) is 0. The predicted molar refractivity (Wildman–Crippen MR) is 82.3 cm³/mol. The lowest BCUT2D eigenvalue weighted by Crippen LogP contribution is -2.33. The second kappa shape index (κ2) is 6.90. The lowest BCUT2D eigenvalue weighted by atomic mass is 10.2. The Labute approximate surface area is 134 Å². The van der Waals surface area contributed by atoms with Crippen molar-refractivity contribution in [3.8, 4) is 0 Å². The van der Waals surface area contributed by atoms with Gasteiger partial charge in [0.2, 0.25) is 5.91 Å². The topological polar surface area (TPSA) is 114 Å². The second-order valence-corrected chi connectivity index (χ2v) is 5.07. The normalized spacial score (nSPS) is 10.0. The van der Waals surface area contributed by atoms with Crippen molar-refractivity contribution in [2.75, 3.05) is 11.9 Å². The van der Waals surface area contributed by atoms with Crippen LogP contribution in [0.4, 0.5) is 5.69 Å². The lowest BCUT2D eigenvalue weighted by molar-refractivity contribution is -0.117. The zero-order chi connectivity index (χ0) is 16.1. The van der Waals surface area contributed by atoms with Crippen molar-refractivity contribution < 1.29 is 18.8 Å². The van der Waals surface area contributed by atoms with Gasteiger partial charge in [0.1, 0.15) is 0 Å². The van der Waals surface area contributed by atoms with Gasteiger partial charge in [-0.15, -0.1) is 0 Å². The van der Waals surface area contributed by atoms with E-state index in [0.717, 1.165) is 0 Å². The van der Waals surface area contributed by atoms with Crippen molar-refractivity contribution >= 4 is 39.3 Å². The molecular formula is C14H12BrN3O4. The SMILES string of the molecule is NC(=O)CNC(=O)c1cccc(NC(=O)c2ccc(Br)o2)c1. The molecule has 0 radical (unpaired) electrons. The number of nitrogens with one attached hydrogen (secondary N) is 2. The van der Waals surface area contributed by atoms with Gasteiger partial charge in [-0.1, -0.05) is 6.07 Å². The number of hydrogen-bond acceptors (Lipinski definition) is 4. The highest BCUT2D eigenvalue weighted by Crippen LogP contribution is 2.16. The van der Waals surface area contributed by atoms with Gasteiger partial charge in [0.05, 0.1) is 6.54 Å². The van der Waals surface area contributed by atoms with E-state index in [1.165, 1.54) is 12.1 Å². The van der Waals surface area contributed by atoms with Crippen LogP contribution >= 0.6 is 15.9 Å². The molecule has 114 valence electrons. The van der Waals surface area contributed by atoms with Gasteiger partial charge in [0.25, 0.3) is 11.8 Å². The number of benzene rings is 1. The summed E-state index contributed by atoms with van der Waals surface area (Å²) in [5.41, 5.74) is 5.67. The zero-order valence-electron chi connectivity index (χ0n) is 11.3. The molecule has 0 aliphatic carbocycles. The molecule has 2 aromatic rings. The molecule has 0 aliphatic rings. The fraction of sp³-hybridized carbons (Fsp3) is 0.0714. The summed E-state index contributed by atoms with van der Waals surface area (Å²) < 4.78 is 5.58. The van der Waals surface area contributed by atoms with E-state index in [2.05, 4.69) is 26.6 Å². The first-order chi connectivity index (χ1) is 10.5. The molecule has 2 rings (SSSR count). The molecule has 7 nitrogen and oxygen atoms in total. The number of amides is 3. The number of carbonyl (C=O) groups excluding carboxylic acids is 3. The molecule has 4 N–H and O–H groups in total. The number of anilines is 1. The fourth-order valence-electron chi connectivity index (χ4n) is 1.64. The van der Waals surface area contributed by atoms with E-state index in [0.29, 0.717) is 15.9 Å². The average molecular weight is 366 g/mol. The number of hydrogen-bond donors (Lipinski definition) is 3. The summed E-state index contributed by atoms with van der Waals surface area (Å²) in [4.78, 5) is 34.4. The largest absolute Gasteiger partial charge is 0.444 e. The Balaban J connectivity index is 2.06. The van der Waals surface area contributed by atoms with E-state index in [1.54, 1.807) is 24.3 Å². The van der Waals surface area contributed by atoms with E-state index in [9.17, 15) is 14.4 Å². The van der Waals surface area contributed by atoms with Crippen LogP contribution in [-0.2, 0) is 4.79 Å². The summed E-state index contributed by atoms with van der Waals surface area (Å²) >= 11 is 3.11. The first-order valence-corrected chi connectivity index (χ1v) is 6.98. The first-order valence-electron chi connectivity index (χ1n) is 6.19. The highest BCUT2D eigenvalue weighted by molar-refractivity contribution is 9.10. The highest BCUT2D eigenvalue weighted by atomic mass is 79.9.